The highest BCUT2D eigenvalue weighted by atomic mass is 15.2. The van der Waals surface area contributed by atoms with Crippen LogP contribution in [0.4, 0.5) is 0 Å². The van der Waals surface area contributed by atoms with Gasteiger partial charge in [0.2, 0.25) is 0 Å². The Hall–Kier alpha value is -0.0800. The third kappa shape index (κ3) is 2.28. The average Bonchev–Trinajstić information content (AvgIpc) is 2.98. The molecule has 2 unspecified atom stereocenters. The highest BCUT2D eigenvalue weighted by Crippen LogP contribution is 2.30. The molecule has 0 aromatic rings. The summed E-state index contributed by atoms with van der Waals surface area (Å²) in [7, 11) is 0. The Bertz CT molecular complexity index is 217. The second kappa shape index (κ2) is 5.05. The first-order valence-corrected chi connectivity index (χ1v) is 7.41. The van der Waals surface area contributed by atoms with Crippen LogP contribution in [0.3, 0.4) is 0 Å². The zero-order valence-corrected chi connectivity index (χ0v) is 10.5. The fraction of sp³-hybridized carbons (Fsp3) is 1.00. The molecule has 0 radical (unpaired) electrons. The van der Waals surface area contributed by atoms with Crippen molar-refractivity contribution in [2.75, 3.05) is 19.6 Å². The molecule has 1 N–H and O–H groups in total. The van der Waals surface area contributed by atoms with Crippen molar-refractivity contribution in [3.05, 3.63) is 0 Å². The van der Waals surface area contributed by atoms with Crippen molar-refractivity contribution in [2.24, 2.45) is 5.92 Å². The fourth-order valence-corrected chi connectivity index (χ4v) is 4.10. The van der Waals surface area contributed by atoms with Crippen molar-refractivity contribution >= 4 is 0 Å². The molecule has 0 amide bonds. The first kappa shape index (κ1) is 11.0. The molecule has 0 bridgehead atoms. The summed E-state index contributed by atoms with van der Waals surface area (Å²) in [6, 6.07) is 1.70. The SMILES string of the molecule is C1CCC(CN2CCCC2C2CCCN2)C1. The maximum atomic E-state index is 3.71. The molecule has 2 saturated heterocycles. The third-order valence-electron chi connectivity index (χ3n) is 4.94. The van der Waals surface area contributed by atoms with E-state index < -0.39 is 0 Å². The van der Waals surface area contributed by atoms with Crippen LogP contribution in [0.2, 0.25) is 0 Å². The Balaban J connectivity index is 1.55. The van der Waals surface area contributed by atoms with E-state index in [-0.39, 0.29) is 0 Å². The van der Waals surface area contributed by atoms with Gasteiger partial charge >= 0.3 is 0 Å². The highest BCUT2D eigenvalue weighted by Gasteiger charge is 2.34. The number of likely N-dealkylation sites (tertiary alicyclic amines) is 1. The second-order valence-electron chi connectivity index (χ2n) is 6.06. The molecule has 1 saturated carbocycles. The lowest BCUT2D eigenvalue weighted by molar-refractivity contribution is 0.185. The van der Waals surface area contributed by atoms with E-state index in [1.54, 1.807) is 0 Å². The summed E-state index contributed by atoms with van der Waals surface area (Å²) < 4.78 is 0. The minimum atomic E-state index is 0.823. The number of hydrogen-bond donors (Lipinski definition) is 1. The number of hydrogen-bond acceptors (Lipinski definition) is 2. The lowest BCUT2D eigenvalue weighted by Gasteiger charge is -2.31. The van der Waals surface area contributed by atoms with Crippen molar-refractivity contribution in [1.29, 1.82) is 0 Å². The summed E-state index contributed by atoms with van der Waals surface area (Å²) in [5.41, 5.74) is 0. The molecule has 0 aromatic carbocycles. The van der Waals surface area contributed by atoms with E-state index in [0.29, 0.717) is 0 Å². The van der Waals surface area contributed by atoms with Gasteiger partial charge in [0.05, 0.1) is 0 Å². The molecule has 16 heavy (non-hydrogen) atoms. The predicted octanol–water partition coefficient (Wildman–Crippen LogP) is 2.39. The van der Waals surface area contributed by atoms with Gasteiger partial charge in [-0.3, -0.25) is 4.90 Å². The molecule has 2 nitrogen and oxygen atoms in total. The normalized spacial score (nSPS) is 37.5. The zero-order chi connectivity index (χ0) is 10.8. The molecule has 92 valence electrons. The Labute approximate surface area is 99.8 Å². The van der Waals surface area contributed by atoms with E-state index in [1.807, 2.05) is 0 Å². The van der Waals surface area contributed by atoms with Crippen LogP contribution in [0.5, 0.6) is 0 Å². The van der Waals surface area contributed by atoms with Crippen LogP contribution in [-0.2, 0) is 0 Å². The van der Waals surface area contributed by atoms with Gasteiger partial charge in [0.1, 0.15) is 0 Å². The molecule has 3 rings (SSSR count). The van der Waals surface area contributed by atoms with Gasteiger partial charge in [-0.15, -0.1) is 0 Å². The first-order chi connectivity index (χ1) is 7.93. The minimum absolute atomic E-state index is 0.823. The Morgan fingerprint density at radius 3 is 2.56 bits per heavy atom. The van der Waals surface area contributed by atoms with Crippen LogP contribution in [0.1, 0.15) is 51.4 Å². The Kier molecular flexibility index (Phi) is 3.49. The molecule has 2 heterocycles. The van der Waals surface area contributed by atoms with Gasteiger partial charge in [-0.05, 0) is 57.5 Å². The van der Waals surface area contributed by atoms with Crippen LogP contribution in [0.15, 0.2) is 0 Å². The monoisotopic (exact) mass is 222 g/mol. The topological polar surface area (TPSA) is 15.3 Å². The van der Waals surface area contributed by atoms with E-state index in [9.17, 15) is 0 Å². The summed E-state index contributed by atoms with van der Waals surface area (Å²) in [5, 5.41) is 3.71. The molecule has 2 aliphatic heterocycles. The third-order valence-corrected chi connectivity index (χ3v) is 4.94. The summed E-state index contributed by atoms with van der Waals surface area (Å²) in [6.07, 6.45) is 11.7. The lowest BCUT2D eigenvalue weighted by Crippen LogP contribution is -2.45. The summed E-state index contributed by atoms with van der Waals surface area (Å²) in [6.45, 7) is 4.04. The van der Waals surface area contributed by atoms with Crippen molar-refractivity contribution < 1.29 is 0 Å². The Morgan fingerprint density at radius 1 is 0.938 bits per heavy atom. The fourth-order valence-electron chi connectivity index (χ4n) is 4.10. The van der Waals surface area contributed by atoms with Gasteiger partial charge in [-0.2, -0.15) is 0 Å². The van der Waals surface area contributed by atoms with Crippen LogP contribution < -0.4 is 5.32 Å². The molecule has 3 fully saturated rings. The molecular formula is C14H26N2. The van der Waals surface area contributed by atoms with E-state index in [1.165, 1.54) is 71.0 Å². The number of rotatable bonds is 3. The van der Waals surface area contributed by atoms with Crippen molar-refractivity contribution in [1.82, 2.24) is 10.2 Å². The van der Waals surface area contributed by atoms with Crippen LogP contribution >= 0.6 is 0 Å². The summed E-state index contributed by atoms with van der Waals surface area (Å²) >= 11 is 0. The molecular weight excluding hydrogens is 196 g/mol. The zero-order valence-electron chi connectivity index (χ0n) is 10.5. The average molecular weight is 222 g/mol. The molecule has 0 aromatic heterocycles. The van der Waals surface area contributed by atoms with Crippen LogP contribution in [0.25, 0.3) is 0 Å². The molecule has 2 atom stereocenters. The predicted molar refractivity (Wildman–Crippen MR) is 67.6 cm³/mol. The molecule has 3 aliphatic rings. The van der Waals surface area contributed by atoms with E-state index in [0.717, 1.165) is 18.0 Å². The van der Waals surface area contributed by atoms with Gasteiger partial charge in [0, 0.05) is 18.6 Å². The van der Waals surface area contributed by atoms with Crippen LogP contribution in [0, 0.1) is 5.92 Å². The van der Waals surface area contributed by atoms with Crippen molar-refractivity contribution in [3.63, 3.8) is 0 Å². The lowest BCUT2D eigenvalue weighted by atomic mass is 10.0. The van der Waals surface area contributed by atoms with E-state index in [2.05, 4.69) is 10.2 Å². The van der Waals surface area contributed by atoms with Gasteiger partial charge < -0.3 is 5.32 Å². The second-order valence-corrected chi connectivity index (χ2v) is 6.06. The van der Waals surface area contributed by atoms with E-state index in [4.69, 9.17) is 0 Å². The summed E-state index contributed by atoms with van der Waals surface area (Å²) in [5.74, 6) is 1.03. The van der Waals surface area contributed by atoms with Gasteiger partial charge in [0.25, 0.3) is 0 Å². The van der Waals surface area contributed by atoms with Gasteiger partial charge in [-0.1, -0.05) is 12.8 Å². The van der Waals surface area contributed by atoms with Crippen LogP contribution in [-0.4, -0.2) is 36.6 Å². The molecule has 1 aliphatic carbocycles. The smallest absolute Gasteiger partial charge is 0.0249 e. The number of nitrogens with zero attached hydrogens (tertiary/aromatic N) is 1. The Morgan fingerprint density at radius 2 is 1.81 bits per heavy atom. The molecule has 2 heteroatoms. The van der Waals surface area contributed by atoms with Crippen molar-refractivity contribution in [3.8, 4) is 0 Å². The highest BCUT2D eigenvalue weighted by molar-refractivity contribution is 4.92. The largest absolute Gasteiger partial charge is 0.312 e. The van der Waals surface area contributed by atoms with Gasteiger partial charge in [0.15, 0.2) is 0 Å². The maximum Gasteiger partial charge on any atom is 0.0249 e. The standard InChI is InChI=1S/C14H26N2/c1-2-6-12(5-1)11-16-10-4-8-14(16)13-7-3-9-15-13/h12-15H,1-11H2. The number of nitrogens with one attached hydrogen (secondary N) is 1. The van der Waals surface area contributed by atoms with Gasteiger partial charge in [-0.25, -0.2) is 0 Å². The maximum absolute atomic E-state index is 3.71. The molecule has 0 spiro atoms. The van der Waals surface area contributed by atoms with E-state index >= 15 is 0 Å². The first-order valence-electron chi connectivity index (χ1n) is 7.41. The quantitative estimate of drug-likeness (QED) is 0.789. The summed E-state index contributed by atoms with van der Waals surface area (Å²) in [4.78, 5) is 2.82. The van der Waals surface area contributed by atoms with Crippen molar-refractivity contribution in [2.45, 2.75) is 63.5 Å². The minimum Gasteiger partial charge on any atom is -0.312 e.